The van der Waals surface area contributed by atoms with Crippen molar-refractivity contribution in [3.05, 3.63) is 58.1 Å². The zero-order valence-electron chi connectivity index (χ0n) is 12.4. The van der Waals surface area contributed by atoms with Crippen LogP contribution in [0.2, 0.25) is 0 Å². The molecule has 1 heterocycles. The van der Waals surface area contributed by atoms with E-state index in [1.165, 1.54) is 0 Å². The number of halogens is 1. The van der Waals surface area contributed by atoms with Crippen LogP contribution in [0.5, 0.6) is 11.5 Å². The Kier molecular flexibility index (Phi) is 4.62. The number of benzene rings is 2. The van der Waals surface area contributed by atoms with Crippen molar-refractivity contribution in [1.82, 2.24) is 0 Å². The summed E-state index contributed by atoms with van der Waals surface area (Å²) in [4.78, 5) is 17.1. The van der Waals surface area contributed by atoms with Gasteiger partial charge in [-0.25, -0.2) is 4.79 Å². The molecule has 0 saturated carbocycles. The molecule has 0 bridgehead atoms. The Morgan fingerprint density at radius 1 is 1.26 bits per heavy atom. The summed E-state index contributed by atoms with van der Waals surface area (Å²) in [7, 11) is 1.60. The maximum Gasteiger partial charge on any atom is 0.365 e. The van der Waals surface area contributed by atoms with Crippen LogP contribution < -0.4 is 9.47 Å². The fourth-order valence-electron chi connectivity index (χ4n) is 2.24. The van der Waals surface area contributed by atoms with E-state index in [0.29, 0.717) is 35.8 Å². The Morgan fingerprint density at radius 2 is 2.13 bits per heavy atom. The van der Waals surface area contributed by atoms with Crippen LogP contribution in [0.15, 0.2) is 52.1 Å². The number of oxime groups is 1. The number of nitrogens with zero attached hydrogens (tertiary/aromatic N) is 1. The maximum absolute atomic E-state index is 12.1. The first-order chi connectivity index (χ1) is 11.2. The van der Waals surface area contributed by atoms with Gasteiger partial charge in [-0.2, -0.15) is 0 Å². The average Bonchev–Trinajstić information content (AvgIpc) is 2.59. The Hall–Kier alpha value is -2.34. The van der Waals surface area contributed by atoms with Gasteiger partial charge in [0, 0.05) is 22.5 Å². The van der Waals surface area contributed by atoms with E-state index >= 15 is 0 Å². The van der Waals surface area contributed by atoms with Crippen LogP contribution in [0, 0.1) is 0 Å². The molecule has 0 amide bonds. The molecule has 5 nitrogen and oxygen atoms in total. The maximum atomic E-state index is 12.1. The van der Waals surface area contributed by atoms with Gasteiger partial charge in [-0.05, 0) is 30.3 Å². The van der Waals surface area contributed by atoms with Gasteiger partial charge in [0.05, 0.1) is 25.0 Å². The molecule has 2 aromatic carbocycles. The molecule has 0 fully saturated rings. The van der Waals surface area contributed by atoms with Crippen molar-refractivity contribution in [1.29, 1.82) is 0 Å². The SMILES string of the molecule is COc1ccc2c(c1)OCC/C2=N/OC(=O)c1cccc(Br)c1. The van der Waals surface area contributed by atoms with E-state index in [1.807, 2.05) is 18.2 Å². The molecule has 0 saturated heterocycles. The van der Waals surface area contributed by atoms with Crippen molar-refractivity contribution in [2.24, 2.45) is 5.16 Å². The molecule has 0 radical (unpaired) electrons. The fourth-order valence-corrected chi connectivity index (χ4v) is 2.64. The zero-order valence-corrected chi connectivity index (χ0v) is 14.0. The second-order valence-corrected chi connectivity index (χ2v) is 5.80. The summed E-state index contributed by atoms with van der Waals surface area (Å²) in [6, 6.07) is 12.4. The third-order valence-electron chi connectivity index (χ3n) is 3.40. The van der Waals surface area contributed by atoms with Crippen molar-refractivity contribution < 1.29 is 19.1 Å². The van der Waals surface area contributed by atoms with Gasteiger partial charge in [0.25, 0.3) is 0 Å². The van der Waals surface area contributed by atoms with Gasteiger partial charge in [0.1, 0.15) is 11.5 Å². The van der Waals surface area contributed by atoms with Crippen LogP contribution in [-0.4, -0.2) is 25.4 Å². The minimum Gasteiger partial charge on any atom is -0.497 e. The van der Waals surface area contributed by atoms with Crippen LogP contribution in [-0.2, 0) is 4.84 Å². The number of fused-ring (bicyclic) bond motifs is 1. The number of methoxy groups -OCH3 is 1. The highest BCUT2D eigenvalue weighted by atomic mass is 79.9. The summed E-state index contributed by atoms with van der Waals surface area (Å²) in [6.07, 6.45) is 0.574. The second-order valence-electron chi connectivity index (χ2n) is 4.89. The Balaban J connectivity index is 1.80. The quantitative estimate of drug-likeness (QED) is 0.604. The van der Waals surface area contributed by atoms with Gasteiger partial charge in [-0.3, -0.25) is 0 Å². The minimum absolute atomic E-state index is 0.436. The van der Waals surface area contributed by atoms with E-state index in [2.05, 4.69) is 21.1 Å². The number of carbonyl (C=O) groups excluding carboxylic acids is 1. The van der Waals surface area contributed by atoms with E-state index in [9.17, 15) is 4.79 Å². The summed E-state index contributed by atoms with van der Waals surface area (Å²) >= 11 is 3.32. The Bertz CT molecular complexity index is 773. The van der Waals surface area contributed by atoms with Crippen molar-refractivity contribution in [2.45, 2.75) is 6.42 Å². The molecule has 1 aliphatic rings. The van der Waals surface area contributed by atoms with E-state index in [1.54, 1.807) is 31.4 Å². The van der Waals surface area contributed by atoms with E-state index in [4.69, 9.17) is 14.3 Å². The van der Waals surface area contributed by atoms with Gasteiger partial charge in [-0.15, -0.1) is 0 Å². The molecule has 6 heteroatoms. The monoisotopic (exact) mass is 375 g/mol. The van der Waals surface area contributed by atoms with E-state index in [0.717, 1.165) is 10.0 Å². The molecule has 3 rings (SSSR count). The largest absolute Gasteiger partial charge is 0.497 e. The topological polar surface area (TPSA) is 57.1 Å². The number of rotatable bonds is 3. The second kappa shape index (κ2) is 6.83. The molecule has 23 heavy (non-hydrogen) atoms. The molecule has 0 unspecified atom stereocenters. The molecule has 0 aliphatic carbocycles. The van der Waals surface area contributed by atoms with Crippen LogP contribution in [0.1, 0.15) is 22.3 Å². The molecule has 0 spiro atoms. The highest BCUT2D eigenvalue weighted by Gasteiger charge is 2.19. The average molecular weight is 376 g/mol. The number of hydrogen-bond donors (Lipinski definition) is 0. The lowest BCUT2D eigenvalue weighted by molar-refractivity contribution is 0.0514. The molecule has 0 N–H and O–H groups in total. The molecular formula is C17H14BrNO4. The fraction of sp³-hybridized carbons (Fsp3) is 0.176. The number of hydrogen-bond acceptors (Lipinski definition) is 5. The molecule has 1 aliphatic heterocycles. The van der Waals surface area contributed by atoms with Gasteiger partial charge < -0.3 is 14.3 Å². The van der Waals surface area contributed by atoms with Crippen molar-refractivity contribution in [2.75, 3.05) is 13.7 Å². The molecule has 0 aromatic heterocycles. The van der Waals surface area contributed by atoms with E-state index in [-0.39, 0.29) is 0 Å². The predicted octanol–water partition coefficient (Wildman–Crippen LogP) is 3.80. The molecule has 2 aromatic rings. The normalized spacial score (nSPS) is 14.8. The van der Waals surface area contributed by atoms with Crippen molar-refractivity contribution in [3.63, 3.8) is 0 Å². The van der Waals surface area contributed by atoms with Gasteiger partial charge in [0.15, 0.2) is 0 Å². The summed E-state index contributed by atoms with van der Waals surface area (Å²) in [5.74, 6) is 0.879. The molecule has 118 valence electrons. The van der Waals surface area contributed by atoms with Gasteiger partial charge >= 0.3 is 5.97 Å². The van der Waals surface area contributed by atoms with Crippen LogP contribution in [0.3, 0.4) is 0 Å². The van der Waals surface area contributed by atoms with Crippen molar-refractivity contribution >= 4 is 27.6 Å². The Labute approximate surface area is 142 Å². The predicted molar refractivity (Wildman–Crippen MR) is 89.2 cm³/mol. The molecular weight excluding hydrogens is 362 g/mol. The van der Waals surface area contributed by atoms with Crippen LogP contribution >= 0.6 is 15.9 Å². The van der Waals surface area contributed by atoms with Gasteiger partial charge in [-0.1, -0.05) is 27.2 Å². The first kappa shape index (κ1) is 15.6. The van der Waals surface area contributed by atoms with Crippen molar-refractivity contribution in [3.8, 4) is 11.5 Å². The summed E-state index contributed by atoms with van der Waals surface area (Å²) in [6.45, 7) is 0.480. The highest BCUT2D eigenvalue weighted by molar-refractivity contribution is 9.10. The van der Waals surface area contributed by atoms with Crippen LogP contribution in [0.25, 0.3) is 0 Å². The third kappa shape index (κ3) is 3.53. The van der Waals surface area contributed by atoms with E-state index < -0.39 is 5.97 Å². The summed E-state index contributed by atoms with van der Waals surface area (Å²) in [5, 5.41) is 4.02. The lowest BCUT2D eigenvalue weighted by Crippen LogP contribution is -2.17. The number of carbonyl (C=O) groups is 1. The summed E-state index contributed by atoms with van der Waals surface area (Å²) in [5.41, 5.74) is 1.92. The first-order valence-corrected chi connectivity index (χ1v) is 7.81. The lowest BCUT2D eigenvalue weighted by atomic mass is 10.0. The number of ether oxygens (including phenoxy) is 2. The van der Waals surface area contributed by atoms with Crippen LogP contribution in [0.4, 0.5) is 0 Å². The lowest BCUT2D eigenvalue weighted by Gasteiger charge is -2.19. The van der Waals surface area contributed by atoms with Gasteiger partial charge in [0.2, 0.25) is 0 Å². The zero-order chi connectivity index (χ0) is 16.2. The summed E-state index contributed by atoms with van der Waals surface area (Å²) < 4.78 is 11.6. The smallest absolute Gasteiger partial charge is 0.365 e. The third-order valence-corrected chi connectivity index (χ3v) is 3.89. The molecule has 0 atom stereocenters. The standard InChI is InChI=1S/C17H14BrNO4/c1-21-13-5-6-14-15(7-8-22-16(14)10-13)19-23-17(20)11-3-2-4-12(18)9-11/h2-6,9-10H,7-8H2,1H3/b19-15-. The Morgan fingerprint density at radius 3 is 2.91 bits per heavy atom. The minimum atomic E-state index is -0.500. The highest BCUT2D eigenvalue weighted by Crippen LogP contribution is 2.29. The first-order valence-electron chi connectivity index (χ1n) is 7.02.